The van der Waals surface area contributed by atoms with Crippen molar-refractivity contribution >= 4 is 28.3 Å². The lowest BCUT2D eigenvalue weighted by molar-refractivity contribution is -0.116. The van der Waals surface area contributed by atoms with Crippen molar-refractivity contribution in [1.82, 2.24) is 19.5 Å². The summed E-state index contributed by atoms with van der Waals surface area (Å²) in [5.74, 6) is 0.723. The molecule has 2 heterocycles. The fraction of sp³-hybridized carbons (Fsp3) is 0.148. The third-order valence-electron chi connectivity index (χ3n) is 5.63. The minimum atomic E-state index is -0.462. The number of hydrogen-bond donors (Lipinski definition) is 1. The van der Waals surface area contributed by atoms with Crippen molar-refractivity contribution in [3.05, 3.63) is 85.1 Å². The molecule has 38 heavy (non-hydrogen) atoms. The minimum Gasteiger partial charge on any atom is -0.493 e. The number of ketones is 2. The predicted octanol–water partition coefficient (Wildman–Crippen LogP) is 3.26. The van der Waals surface area contributed by atoms with Gasteiger partial charge in [0.15, 0.2) is 17.3 Å². The Kier molecular flexibility index (Phi) is 7.09. The smallest absolute Gasteiger partial charge is 0.223 e. The molecule has 11 heteroatoms. The van der Waals surface area contributed by atoms with Gasteiger partial charge in [0.1, 0.15) is 24.5 Å². The van der Waals surface area contributed by atoms with Gasteiger partial charge in [-0.05, 0) is 30.3 Å². The van der Waals surface area contributed by atoms with Gasteiger partial charge in [0.25, 0.3) is 0 Å². The highest BCUT2D eigenvalue weighted by atomic mass is 16.5. The molecular formula is C27H23N5O6. The molecule has 0 saturated heterocycles. The summed E-state index contributed by atoms with van der Waals surface area (Å²) in [4.78, 5) is 38.2. The van der Waals surface area contributed by atoms with Gasteiger partial charge in [-0.2, -0.15) is 0 Å². The molecule has 2 aromatic carbocycles. The Bertz CT molecular complexity index is 1540. The first-order valence-electron chi connectivity index (χ1n) is 11.6. The first kappa shape index (κ1) is 24.7. The summed E-state index contributed by atoms with van der Waals surface area (Å²) in [5.41, 5.74) is 1.49. The minimum absolute atomic E-state index is 0.0530. The van der Waals surface area contributed by atoms with Crippen molar-refractivity contribution in [3.8, 4) is 22.9 Å². The lowest BCUT2D eigenvalue weighted by Gasteiger charge is -2.16. The van der Waals surface area contributed by atoms with Crippen LogP contribution in [0.4, 0.5) is 5.82 Å². The van der Waals surface area contributed by atoms with Crippen LogP contribution in [0.15, 0.2) is 85.1 Å². The standard InChI is InChI=1S/C27H23N5O6/c1-35-9-10-37-26-13-20-19(11-25(26)36-2)27(30-15-29-20)31-21-12-23(34)24(14-22(21)33)38-18-5-3-17(4-6-18)32-8-7-28-16-32/h3-8,11-16H,9-10H2,1-2H3,(H,29,30,31). The molecule has 0 unspecified atom stereocenters. The number of allylic oxidation sites excluding steroid dienone is 2. The van der Waals surface area contributed by atoms with E-state index >= 15 is 0 Å². The Morgan fingerprint density at radius 2 is 1.79 bits per heavy atom. The number of carbonyl (C=O) groups excluding carboxylic acids is 2. The van der Waals surface area contributed by atoms with Gasteiger partial charge in [0.05, 0.1) is 31.3 Å². The van der Waals surface area contributed by atoms with Crippen LogP contribution in [0.1, 0.15) is 0 Å². The van der Waals surface area contributed by atoms with Crippen molar-refractivity contribution in [1.29, 1.82) is 0 Å². The van der Waals surface area contributed by atoms with Crippen LogP contribution in [0, 0.1) is 0 Å². The SMILES string of the molecule is COCCOc1cc2ncnc(NC3=CC(=O)C(Oc4ccc(-n5ccnc5)cc4)=CC3=O)c2cc1OC. The number of nitrogens with zero attached hydrogens (tertiary/aromatic N) is 4. The molecule has 0 spiro atoms. The number of methoxy groups -OCH3 is 2. The topological polar surface area (TPSA) is 127 Å². The Morgan fingerprint density at radius 3 is 2.53 bits per heavy atom. The van der Waals surface area contributed by atoms with Gasteiger partial charge in [-0.15, -0.1) is 0 Å². The normalized spacial score (nSPS) is 13.2. The number of imidazole rings is 1. The molecule has 1 aliphatic carbocycles. The Morgan fingerprint density at radius 1 is 0.947 bits per heavy atom. The summed E-state index contributed by atoms with van der Waals surface area (Å²) in [7, 11) is 3.10. The van der Waals surface area contributed by atoms with E-state index < -0.39 is 11.6 Å². The average molecular weight is 514 g/mol. The van der Waals surface area contributed by atoms with Gasteiger partial charge >= 0.3 is 0 Å². The second-order valence-corrected chi connectivity index (χ2v) is 8.07. The lowest BCUT2D eigenvalue weighted by Crippen LogP contribution is -2.21. The molecule has 4 aromatic rings. The number of benzene rings is 2. The van der Waals surface area contributed by atoms with Gasteiger partial charge in [-0.1, -0.05) is 0 Å². The second kappa shape index (κ2) is 10.9. The van der Waals surface area contributed by atoms with Crippen molar-refractivity contribution in [3.63, 3.8) is 0 Å². The molecule has 0 aliphatic heterocycles. The van der Waals surface area contributed by atoms with E-state index in [1.54, 1.807) is 43.9 Å². The maximum Gasteiger partial charge on any atom is 0.223 e. The van der Waals surface area contributed by atoms with E-state index in [0.29, 0.717) is 47.2 Å². The van der Waals surface area contributed by atoms with E-state index in [-0.39, 0.29) is 11.5 Å². The number of rotatable bonds is 10. The third-order valence-corrected chi connectivity index (χ3v) is 5.63. The summed E-state index contributed by atoms with van der Waals surface area (Å²) in [6, 6.07) is 10.5. The van der Waals surface area contributed by atoms with Crippen LogP contribution in [-0.4, -0.2) is 58.5 Å². The molecule has 0 saturated carbocycles. The fourth-order valence-electron chi connectivity index (χ4n) is 3.74. The number of anilines is 1. The highest BCUT2D eigenvalue weighted by Crippen LogP contribution is 2.34. The lowest BCUT2D eigenvalue weighted by atomic mass is 10.1. The van der Waals surface area contributed by atoms with Crippen molar-refractivity contribution < 1.29 is 28.5 Å². The maximum absolute atomic E-state index is 12.9. The Balaban J connectivity index is 1.33. The van der Waals surface area contributed by atoms with Gasteiger partial charge in [-0.3, -0.25) is 9.59 Å². The van der Waals surface area contributed by atoms with Crippen LogP contribution in [0.3, 0.4) is 0 Å². The summed E-state index contributed by atoms with van der Waals surface area (Å²) in [6.45, 7) is 0.752. The van der Waals surface area contributed by atoms with Crippen LogP contribution in [-0.2, 0) is 14.3 Å². The van der Waals surface area contributed by atoms with E-state index in [9.17, 15) is 9.59 Å². The van der Waals surface area contributed by atoms with Gasteiger partial charge < -0.3 is 28.8 Å². The van der Waals surface area contributed by atoms with E-state index in [2.05, 4.69) is 20.3 Å². The van der Waals surface area contributed by atoms with E-state index in [1.165, 1.54) is 19.5 Å². The molecule has 11 nitrogen and oxygen atoms in total. The second-order valence-electron chi connectivity index (χ2n) is 8.07. The molecule has 2 aromatic heterocycles. The third kappa shape index (κ3) is 5.22. The first-order chi connectivity index (χ1) is 18.6. The van der Waals surface area contributed by atoms with Crippen molar-refractivity contribution in [2.24, 2.45) is 0 Å². The van der Waals surface area contributed by atoms with Crippen molar-refractivity contribution in [2.45, 2.75) is 0 Å². The molecule has 0 radical (unpaired) electrons. The molecule has 0 amide bonds. The van der Waals surface area contributed by atoms with Gasteiger partial charge in [0.2, 0.25) is 11.6 Å². The molecule has 1 N–H and O–H groups in total. The Labute approximate surface area is 217 Å². The Hall–Kier alpha value is -5.03. The van der Waals surface area contributed by atoms with Crippen LogP contribution >= 0.6 is 0 Å². The predicted molar refractivity (Wildman–Crippen MR) is 137 cm³/mol. The van der Waals surface area contributed by atoms with Crippen LogP contribution in [0.5, 0.6) is 17.2 Å². The number of hydrogen-bond acceptors (Lipinski definition) is 10. The van der Waals surface area contributed by atoms with E-state index in [0.717, 1.165) is 11.8 Å². The largest absolute Gasteiger partial charge is 0.493 e. The monoisotopic (exact) mass is 513 g/mol. The molecule has 1 aliphatic rings. The van der Waals surface area contributed by atoms with Crippen LogP contribution in [0.2, 0.25) is 0 Å². The zero-order chi connectivity index (χ0) is 26.5. The quantitative estimate of drug-likeness (QED) is 0.249. The number of aromatic nitrogens is 4. The summed E-state index contributed by atoms with van der Waals surface area (Å²) in [6.07, 6.45) is 8.85. The zero-order valence-electron chi connectivity index (χ0n) is 20.6. The highest BCUT2D eigenvalue weighted by Gasteiger charge is 2.23. The van der Waals surface area contributed by atoms with Gasteiger partial charge in [-0.25, -0.2) is 15.0 Å². The van der Waals surface area contributed by atoms with Gasteiger partial charge in [0, 0.05) is 48.8 Å². The molecule has 192 valence electrons. The number of carbonyl (C=O) groups is 2. The summed E-state index contributed by atoms with van der Waals surface area (Å²) < 4.78 is 23.7. The van der Waals surface area contributed by atoms with Crippen LogP contribution < -0.4 is 19.5 Å². The summed E-state index contributed by atoms with van der Waals surface area (Å²) in [5, 5.41) is 3.53. The number of fused-ring (bicyclic) bond motifs is 1. The number of nitrogens with one attached hydrogen (secondary N) is 1. The van der Waals surface area contributed by atoms with Crippen LogP contribution in [0.25, 0.3) is 16.6 Å². The molecule has 0 fully saturated rings. The number of ether oxygens (including phenoxy) is 4. The fourth-order valence-corrected chi connectivity index (χ4v) is 3.74. The molecule has 5 rings (SSSR count). The zero-order valence-corrected chi connectivity index (χ0v) is 20.6. The van der Waals surface area contributed by atoms with E-state index in [4.69, 9.17) is 18.9 Å². The average Bonchev–Trinajstić information content (AvgIpc) is 3.47. The molecule has 0 atom stereocenters. The summed E-state index contributed by atoms with van der Waals surface area (Å²) >= 11 is 0. The highest BCUT2D eigenvalue weighted by molar-refractivity contribution is 6.20. The first-order valence-corrected chi connectivity index (χ1v) is 11.6. The maximum atomic E-state index is 12.9. The molecular weight excluding hydrogens is 490 g/mol. The molecule has 0 bridgehead atoms. The van der Waals surface area contributed by atoms with Crippen molar-refractivity contribution in [2.75, 3.05) is 32.8 Å². The van der Waals surface area contributed by atoms with E-state index in [1.807, 2.05) is 22.9 Å².